The molecule has 1 heterocycles. The summed E-state index contributed by atoms with van der Waals surface area (Å²) in [5.74, 6) is -4.23. The zero-order valence-electron chi connectivity index (χ0n) is 20.7. The minimum absolute atomic E-state index is 0.0699. The number of para-hydroxylation sites is 1. The van der Waals surface area contributed by atoms with Gasteiger partial charge in [-0.3, -0.25) is 19.2 Å². The maximum Gasteiger partial charge on any atom is 0.248 e. The molecule has 3 aromatic rings. The number of amides is 4. The Morgan fingerprint density at radius 2 is 1.64 bits per heavy atom. The number of benzene rings is 3. The van der Waals surface area contributed by atoms with E-state index < -0.39 is 59.0 Å². The minimum Gasteiger partial charge on any atom is -0.370 e. The van der Waals surface area contributed by atoms with Gasteiger partial charge < -0.3 is 21.7 Å². The van der Waals surface area contributed by atoms with Gasteiger partial charge in [0.05, 0.1) is 17.4 Å². The number of nitrogens with one attached hydrogen (secondary N) is 3. The molecule has 0 spiro atoms. The van der Waals surface area contributed by atoms with E-state index in [1.807, 2.05) is 42.5 Å². The normalized spacial score (nSPS) is 17.2. The minimum atomic E-state index is -1.23. The molecular weight excluding hydrogens is 526 g/mol. The molecule has 0 aliphatic carbocycles. The van der Waals surface area contributed by atoms with Crippen molar-refractivity contribution in [1.82, 2.24) is 10.6 Å². The van der Waals surface area contributed by atoms with Crippen LogP contribution in [0.15, 0.2) is 77.7 Å². The predicted molar refractivity (Wildman–Crippen MR) is 142 cm³/mol. The summed E-state index contributed by atoms with van der Waals surface area (Å²) in [5.41, 5.74) is 6.74. The Hall–Kier alpha value is -4.25. The number of halogens is 2. The predicted octanol–water partition coefficient (Wildman–Crippen LogP) is 3.23. The number of primary amides is 1. The fraction of sp³-hybridized carbons (Fsp3) is 0.214. The highest BCUT2D eigenvalue weighted by molar-refractivity contribution is 7.99. The third-order valence-corrected chi connectivity index (χ3v) is 7.44. The highest BCUT2D eigenvalue weighted by atomic mass is 32.2. The molecule has 1 aliphatic rings. The van der Waals surface area contributed by atoms with Gasteiger partial charge in [0.2, 0.25) is 23.6 Å². The second kappa shape index (κ2) is 12.5. The Balaban J connectivity index is 1.56. The summed E-state index contributed by atoms with van der Waals surface area (Å²) in [6.07, 6.45) is -0.759. The largest absolute Gasteiger partial charge is 0.370 e. The quantitative estimate of drug-likeness (QED) is 0.324. The van der Waals surface area contributed by atoms with Crippen LogP contribution in [0.5, 0.6) is 0 Å². The van der Waals surface area contributed by atoms with E-state index in [2.05, 4.69) is 16.0 Å². The lowest BCUT2D eigenvalue weighted by molar-refractivity contribution is -0.131. The number of nitrogens with two attached hydrogens (primary N) is 1. The number of hydrogen-bond donors (Lipinski definition) is 4. The Kier molecular flexibility index (Phi) is 8.92. The fourth-order valence-corrected chi connectivity index (χ4v) is 5.52. The molecule has 4 amide bonds. The van der Waals surface area contributed by atoms with Crippen LogP contribution in [0.25, 0.3) is 0 Å². The summed E-state index contributed by atoms with van der Waals surface area (Å²) in [5, 5.41) is 7.59. The molecule has 0 radical (unpaired) electrons. The van der Waals surface area contributed by atoms with Gasteiger partial charge in [-0.05, 0) is 41.8 Å². The van der Waals surface area contributed by atoms with Crippen molar-refractivity contribution in [2.75, 3.05) is 5.32 Å². The Morgan fingerprint density at radius 1 is 0.974 bits per heavy atom. The van der Waals surface area contributed by atoms with Gasteiger partial charge in [-0.2, -0.15) is 0 Å². The second-order valence-corrected chi connectivity index (χ2v) is 10.2. The molecule has 5 N–H and O–H groups in total. The van der Waals surface area contributed by atoms with Gasteiger partial charge in [-0.1, -0.05) is 42.5 Å². The van der Waals surface area contributed by atoms with Crippen LogP contribution in [0.4, 0.5) is 14.5 Å². The van der Waals surface area contributed by atoms with Gasteiger partial charge in [0.15, 0.2) is 0 Å². The number of carbonyl (C=O) groups is 4. The zero-order valence-corrected chi connectivity index (χ0v) is 21.5. The fourth-order valence-electron chi connectivity index (χ4n) is 4.22. The number of anilines is 1. The van der Waals surface area contributed by atoms with Crippen LogP contribution < -0.4 is 21.7 Å². The molecule has 0 aromatic heterocycles. The molecule has 1 aliphatic heterocycles. The SMILES string of the molecule is NC(=O)CC[C@H](NC(=O)Cc1cc(F)cc(F)c1)C(=O)N[C@@H]1C(=O)Nc2ccccc2S[C@@H]1c1ccccc1. The Labute approximate surface area is 227 Å². The highest BCUT2D eigenvalue weighted by Crippen LogP contribution is 2.43. The van der Waals surface area contributed by atoms with E-state index >= 15 is 0 Å². The van der Waals surface area contributed by atoms with Crippen LogP contribution in [0.2, 0.25) is 0 Å². The maximum absolute atomic E-state index is 13.6. The van der Waals surface area contributed by atoms with Crippen LogP contribution >= 0.6 is 11.8 Å². The zero-order chi connectivity index (χ0) is 27.9. The first-order valence-electron chi connectivity index (χ1n) is 12.1. The van der Waals surface area contributed by atoms with Gasteiger partial charge in [0.25, 0.3) is 0 Å². The number of hydrogen-bond acceptors (Lipinski definition) is 5. The lowest BCUT2D eigenvalue weighted by Crippen LogP contribution is -2.54. The summed E-state index contributed by atoms with van der Waals surface area (Å²) in [4.78, 5) is 51.8. The summed E-state index contributed by atoms with van der Waals surface area (Å²) in [6, 6.07) is 16.9. The first-order chi connectivity index (χ1) is 18.7. The second-order valence-electron chi connectivity index (χ2n) is 9.00. The molecule has 0 saturated carbocycles. The maximum atomic E-state index is 13.6. The number of fused-ring (bicyclic) bond motifs is 1. The third kappa shape index (κ3) is 7.41. The topological polar surface area (TPSA) is 130 Å². The first kappa shape index (κ1) is 27.8. The van der Waals surface area contributed by atoms with Gasteiger partial charge >= 0.3 is 0 Å². The van der Waals surface area contributed by atoms with E-state index in [1.165, 1.54) is 11.8 Å². The molecule has 11 heteroatoms. The molecule has 3 aromatic carbocycles. The van der Waals surface area contributed by atoms with Crippen molar-refractivity contribution >= 4 is 41.1 Å². The molecule has 0 fully saturated rings. The van der Waals surface area contributed by atoms with Crippen LogP contribution in [0.1, 0.15) is 29.2 Å². The number of rotatable bonds is 9. The summed E-state index contributed by atoms with van der Waals surface area (Å²) < 4.78 is 27.1. The van der Waals surface area contributed by atoms with Crippen molar-refractivity contribution in [2.24, 2.45) is 5.73 Å². The van der Waals surface area contributed by atoms with Crippen molar-refractivity contribution in [3.05, 3.63) is 95.6 Å². The number of thioether (sulfide) groups is 1. The molecular formula is C28H26F2N4O4S. The smallest absolute Gasteiger partial charge is 0.248 e. The van der Waals surface area contributed by atoms with Crippen LogP contribution in [0.3, 0.4) is 0 Å². The number of carbonyl (C=O) groups excluding carboxylic acids is 4. The molecule has 0 unspecified atom stereocenters. The standard InChI is InChI=1S/C28H26F2N4O4S/c29-18-12-16(13-19(30)15-18)14-24(36)32-21(10-11-23(31)35)27(37)34-25-26(17-6-2-1-3-7-17)39-22-9-5-4-8-20(22)33-28(25)38/h1-9,12-13,15,21,25-26H,10-11,14H2,(H2,31,35)(H,32,36)(H,33,38)(H,34,37)/t21-,25-,26+/m0/s1. The lowest BCUT2D eigenvalue weighted by Gasteiger charge is -2.27. The van der Waals surface area contributed by atoms with E-state index in [1.54, 1.807) is 12.1 Å². The molecule has 4 rings (SSSR count). The van der Waals surface area contributed by atoms with Crippen molar-refractivity contribution in [3.63, 3.8) is 0 Å². The van der Waals surface area contributed by atoms with Crippen molar-refractivity contribution < 1.29 is 28.0 Å². The average Bonchev–Trinajstić information content (AvgIpc) is 3.02. The molecule has 39 heavy (non-hydrogen) atoms. The van der Waals surface area contributed by atoms with Crippen molar-refractivity contribution in [2.45, 2.75) is 41.5 Å². The third-order valence-electron chi connectivity index (χ3n) is 6.03. The molecule has 8 nitrogen and oxygen atoms in total. The van der Waals surface area contributed by atoms with Gasteiger partial charge in [-0.25, -0.2) is 8.78 Å². The van der Waals surface area contributed by atoms with Gasteiger partial charge in [0, 0.05) is 17.4 Å². The van der Waals surface area contributed by atoms with E-state index in [4.69, 9.17) is 5.73 Å². The van der Waals surface area contributed by atoms with Crippen LogP contribution in [-0.4, -0.2) is 35.7 Å². The first-order valence-corrected chi connectivity index (χ1v) is 13.0. The van der Waals surface area contributed by atoms with Crippen molar-refractivity contribution in [3.8, 4) is 0 Å². The van der Waals surface area contributed by atoms with Gasteiger partial charge in [-0.15, -0.1) is 11.8 Å². The highest BCUT2D eigenvalue weighted by Gasteiger charge is 2.37. The lowest BCUT2D eigenvalue weighted by atomic mass is 10.0. The molecule has 202 valence electrons. The Morgan fingerprint density at radius 3 is 2.33 bits per heavy atom. The summed E-state index contributed by atoms with van der Waals surface area (Å²) in [7, 11) is 0. The molecule has 3 atom stereocenters. The van der Waals surface area contributed by atoms with E-state index in [0.29, 0.717) is 11.8 Å². The summed E-state index contributed by atoms with van der Waals surface area (Å²) >= 11 is 1.40. The molecule has 0 saturated heterocycles. The average molecular weight is 553 g/mol. The monoisotopic (exact) mass is 552 g/mol. The van der Waals surface area contributed by atoms with Crippen molar-refractivity contribution in [1.29, 1.82) is 0 Å². The van der Waals surface area contributed by atoms with E-state index in [9.17, 15) is 28.0 Å². The Bertz CT molecular complexity index is 1370. The van der Waals surface area contributed by atoms with Crippen LogP contribution in [0, 0.1) is 11.6 Å². The van der Waals surface area contributed by atoms with E-state index in [-0.39, 0.29) is 18.4 Å². The summed E-state index contributed by atoms with van der Waals surface area (Å²) in [6.45, 7) is 0. The van der Waals surface area contributed by atoms with E-state index in [0.717, 1.165) is 22.6 Å². The molecule has 0 bridgehead atoms. The van der Waals surface area contributed by atoms with Gasteiger partial charge in [0.1, 0.15) is 23.7 Å². The van der Waals surface area contributed by atoms with Crippen LogP contribution in [-0.2, 0) is 25.6 Å².